The van der Waals surface area contributed by atoms with Gasteiger partial charge in [0.2, 0.25) is 0 Å². The first-order valence-corrected chi connectivity index (χ1v) is 10.6. The number of likely N-dealkylation sites (tertiary alicyclic amines) is 1. The van der Waals surface area contributed by atoms with Crippen molar-refractivity contribution < 1.29 is 4.74 Å². The van der Waals surface area contributed by atoms with Crippen LogP contribution in [0, 0.1) is 6.92 Å². The number of pyridine rings is 1. The highest BCUT2D eigenvalue weighted by Crippen LogP contribution is 2.46. The molecule has 4 nitrogen and oxygen atoms in total. The minimum atomic E-state index is 0.354. The molecule has 1 N–H and O–H groups in total. The molecule has 0 bridgehead atoms. The maximum absolute atomic E-state index is 6.17. The lowest BCUT2D eigenvalue weighted by molar-refractivity contribution is 0.0251. The Morgan fingerprint density at radius 1 is 1.22 bits per heavy atom. The van der Waals surface area contributed by atoms with E-state index in [2.05, 4.69) is 63.0 Å². The van der Waals surface area contributed by atoms with Crippen molar-refractivity contribution in [3.05, 3.63) is 65.6 Å². The summed E-state index contributed by atoms with van der Waals surface area (Å²) in [6.07, 6.45) is 3.55. The molecule has 2 aromatic heterocycles. The predicted molar refractivity (Wildman–Crippen MR) is 111 cm³/mol. The molecular formula is C22H25N3OS. The second kappa shape index (κ2) is 6.97. The Bertz CT molecular complexity index is 947. The van der Waals surface area contributed by atoms with E-state index < -0.39 is 0 Å². The van der Waals surface area contributed by atoms with Gasteiger partial charge in [-0.25, -0.2) is 0 Å². The summed E-state index contributed by atoms with van der Waals surface area (Å²) >= 11 is 2.10. The first kappa shape index (κ1) is 17.3. The molecule has 1 spiro atoms. The molecule has 0 amide bonds. The summed E-state index contributed by atoms with van der Waals surface area (Å²) in [6, 6.07) is 14.9. The van der Waals surface area contributed by atoms with Gasteiger partial charge in [-0.15, -0.1) is 11.8 Å². The molecule has 0 radical (unpaired) electrons. The number of aromatic amines is 1. The Morgan fingerprint density at radius 2 is 2.11 bits per heavy atom. The Hall–Kier alpha value is -1.82. The third-order valence-corrected chi connectivity index (χ3v) is 7.27. The van der Waals surface area contributed by atoms with Crippen LogP contribution in [0.25, 0.3) is 10.9 Å². The Labute approximate surface area is 164 Å². The topological polar surface area (TPSA) is 41.1 Å². The van der Waals surface area contributed by atoms with Gasteiger partial charge in [0, 0.05) is 52.9 Å². The first-order valence-electron chi connectivity index (χ1n) is 9.65. The molecule has 27 heavy (non-hydrogen) atoms. The molecular weight excluding hydrogens is 354 g/mol. The molecule has 1 atom stereocenters. The van der Waals surface area contributed by atoms with Gasteiger partial charge in [-0.2, -0.15) is 0 Å². The van der Waals surface area contributed by atoms with E-state index in [0.717, 1.165) is 30.1 Å². The van der Waals surface area contributed by atoms with Crippen molar-refractivity contribution >= 4 is 22.7 Å². The van der Waals surface area contributed by atoms with E-state index in [1.165, 1.54) is 29.6 Å². The molecule has 5 rings (SSSR count). The second-order valence-electron chi connectivity index (χ2n) is 7.90. The van der Waals surface area contributed by atoms with Crippen molar-refractivity contribution in [2.75, 3.05) is 18.8 Å². The highest BCUT2D eigenvalue weighted by molar-refractivity contribution is 8.01. The summed E-state index contributed by atoms with van der Waals surface area (Å²) in [6.45, 7) is 6.03. The van der Waals surface area contributed by atoms with Crippen LogP contribution in [0.4, 0.5) is 0 Å². The van der Waals surface area contributed by atoms with Crippen molar-refractivity contribution in [1.29, 1.82) is 0 Å². The molecule has 5 heteroatoms. The first-order chi connectivity index (χ1) is 13.2. The number of nitrogens with one attached hydrogen (secondary N) is 1. The second-order valence-corrected chi connectivity index (χ2v) is 9.39. The van der Waals surface area contributed by atoms with E-state index in [4.69, 9.17) is 4.74 Å². The van der Waals surface area contributed by atoms with Crippen molar-refractivity contribution in [3.8, 4) is 0 Å². The highest BCUT2D eigenvalue weighted by atomic mass is 32.2. The van der Waals surface area contributed by atoms with Gasteiger partial charge in [-0.3, -0.25) is 9.88 Å². The number of benzene rings is 1. The average molecular weight is 380 g/mol. The van der Waals surface area contributed by atoms with Crippen LogP contribution in [-0.4, -0.2) is 44.6 Å². The number of nitrogens with zero attached hydrogens (tertiary/aromatic N) is 2. The summed E-state index contributed by atoms with van der Waals surface area (Å²) in [5.41, 5.74) is 4.75. The quantitative estimate of drug-likeness (QED) is 0.723. The zero-order valence-electron chi connectivity index (χ0n) is 15.6. The molecule has 2 aliphatic rings. The lowest BCUT2D eigenvalue weighted by atomic mass is 9.92. The van der Waals surface area contributed by atoms with Crippen LogP contribution >= 0.6 is 11.8 Å². The summed E-state index contributed by atoms with van der Waals surface area (Å²) in [7, 11) is 0. The van der Waals surface area contributed by atoms with Crippen LogP contribution in [0.3, 0.4) is 0 Å². The fourth-order valence-electron chi connectivity index (χ4n) is 4.42. The van der Waals surface area contributed by atoms with E-state index in [1.807, 2.05) is 19.2 Å². The van der Waals surface area contributed by atoms with Crippen molar-refractivity contribution in [2.24, 2.45) is 0 Å². The number of fused-ring (bicyclic) bond motifs is 1. The average Bonchev–Trinajstić information content (AvgIpc) is 3.27. The van der Waals surface area contributed by atoms with Gasteiger partial charge in [0.25, 0.3) is 0 Å². The minimum absolute atomic E-state index is 0.354. The number of hydrogen-bond donors (Lipinski definition) is 1. The van der Waals surface area contributed by atoms with Crippen LogP contribution in [-0.2, 0) is 17.9 Å². The van der Waals surface area contributed by atoms with Crippen LogP contribution in [0.1, 0.15) is 23.4 Å². The zero-order valence-corrected chi connectivity index (χ0v) is 16.5. The molecule has 3 aromatic rings. The molecule has 0 aliphatic carbocycles. The van der Waals surface area contributed by atoms with Crippen molar-refractivity contribution in [3.63, 3.8) is 0 Å². The summed E-state index contributed by atoms with van der Waals surface area (Å²) in [5, 5.41) is 1.35. The molecule has 0 saturated carbocycles. The SMILES string of the molecule is Cc1cccc(CO[C@H]2CSC3(C2)CN(Cc2cccc4[nH]ccc24)C3)n1. The maximum Gasteiger partial charge on any atom is 0.0892 e. The van der Waals surface area contributed by atoms with Crippen LogP contribution in [0.5, 0.6) is 0 Å². The van der Waals surface area contributed by atoms with Gasteiger partial charge >= 0.3 is 0 Å². The van der Waals surface area contributed by atoms with Crippen molar-refractivity contribution in [2.45, 2.75) is 37.3 Å². The van der Waals surface area contributed by atoms with Gasteiger partial charge in [-0.05, 0) is 43.2 Å². The fraction of sp³-hybridized carbons (Fsp3) is 0.409. The molecule has 1 aromatic carbocycles. The van der Waals surface area contributed by atoms with Gasteiger partial charge < -0.3 is 9.72 Å². The van der Waals surface area contributed by atoms with E-state index in [9.17, 15) is 0 Å². The lowest BCUT2D eigenvalue weighted by Gasteiger charge is -2.47. The predicted octanol–water partition coefficient (Wildman–Crippen LogP) is 4.15. The highest BCUT2D eigenvalue weighted by Gasteiger charge is 2.49. The van der Waals surface area contributed by atoms with E-state index in [0.29, 0.717) is 17.5 Å². The van der Waals surface area contributed by atoms with Gasteiger partial charge in [0.05, 0.1) is 18.4 Å². The number of aromatic nitrogens is 2. The number of ether oxygens (including phenoxy) is 1. The van der Waals surface area contributed by atoms with E-state index >= 15 is 0 Å². The Kier molecular flexibility index (Phi) is 4.46. The molecule has 0 unspecified atom stereocenters. The number of aryl methyl sites for hydroxylation is 1. The molecule has 4 heterocycles. The summed E-state index contributed by atoms with van der Waals surface area (Å²) < 4.78 is 6.57. The number of rotatable bonds is 5. The standard InChI is InChI=1S/C22H25N3OS/c1-16-4-2-6-18(24-16)12-26-19-10-22(27-13-19)14-25(15-22)11-17-5-3-7-21-20(17)8-9-23-21/h2-9,19,23H,10-15H2,1H3/t19-/m1/s1. The van der Waals surface area contributed by atoms with E-state index in [-0.39, 0.29) is 0 Å². The van der Waals surface area contributed by atoms with Gasteiger partial charge in [0.15, 0.2) is 0 Å². The number of thioether (sulfide) groups is 1. The fourth-order valence-corrected chi connectivity index (χ4v) is 6.03. The Balaban J connectivity index is 1.14. The molecule has 2 aliphatic heterocycles. The summed E-state index contributed by atoms with van der Waals surface area (Å²) in [5.74, 6) is 1.10. The number of hydrogen-bond acceptors (Lipinski definition) is 4. The maximum atomic E-state index is 6.17. The van der Waals surface area contributed by atoms with Crippen molar-refractivity contribution in [1.82, 2.24) is 14.9 Å². The smallest absolute Gasteiger partial charge is 0.0892 e. The Morgan fingerprint density at radius 3 is 3.00 bits per heavy atom. The molecule has 140 valence electrons. The van der Waals surface area contributed by atoms with Gasteiger partial charge in [-0.1, -0.05) is 18.2 Å². The zero-order chi connectivity index (χ0) is 18.3. The van der Waals surface area contributed by atoms with Crippen LogP contribution < -0.4 is 0 Å². The van der Waals surface area contributed by atoms with Gasteiger partial charge in [0.1, 0.15) is 0 Å². The minimum Gasteiger partial charge on any atom is -0.371 e. The third-order valence-electron chi connectivity index (χ3n) is 5.69. The van der Waals surface area contributed by atoms with Crippen LogP contribution in [0.2, 0.25) is 0 Å². The monoisotopic (exact) mass is 379 g/mol. The van der Waals surface area contributed by atoms with Crippen LogP contribution in [0.15, 0.2) is 48.7 Å². The van der Waals surface area contributed by atoms with E-state index in [1.54, 1.807) is 0 Å². The molecule has 2 saturated heterocycles. The number of H-pyrrole nitrogens is 1. The largest absolute Gasteiger partial charge is 0.371 e. The lowest BCUT2D eigenvalue weighted by Crippen LogP contribution is -2.58. The summed E-state index contributed by atoms with van der Waals surface area (Å²) in [4.78, 5) is 10.4. The molecule has 2 fully saturated rings. The normalized spacial score (nSPS) is 21.7. The third kappa shape index (κ3) is 3.51.